The number of aromatic nitrogens is 2. The van der Waals surface area contributed by atoms with Gasteiger partial charge in [0.15, 0.2) is 0 Å². The number of nitrogens with zero attached hydrogens (tertiary/aromatic N) is 2. The molecule has 0 bridgehead atoms. The molecule has 1 heterocycles. The van der Waals surface area contributed by atoms with Crippen LogP contribution in [0.1, 0.15) is 36.4 Å². The molecular formula is C13H17N3. The lowest BCUT2D eigenvalue weighted by Crippen LogP contribution is -2.09. The molecule has 0 atom stereocenters. The largest absolute Gasteiger partial charge is 0.326 e. The first kappa shape index (κ1) is 9.85. The van der Waals surface area contributed by atoms with E-state index in [-0.39, 0.29) is 0 Å². The van der Waals surface area contributed by atoms with E-state index in [1.54, 1.807) is 0 Å². The molecule has 1 saturated carbocycles. The van der Waals surface area contributed by atoms with Gasteiger partial charge in [-0.15, -0.1) is 0 Å². The lowest BCUT2D eigenvalue weighted by Gasteiger charge is -2.23. The molecule has 1 aliphatic carbocycles. The summed E-state index contributed by atoms with van der Waals surface area (Å²) < 4.78 is 1.99. The zero-order valence-corrected chi connectivity index (χ0v) is 9.61. The number of nitrogens with two attached hydrogens (primary N) is 1. The van der Waals surface area contributed by atoms with Crippen molar-refractivity contribution in [2.75, 3.05) is 0 Å². The van der Waals surface area contributed by atoms with E-state index < -0.39 is 0 Å². The normalized spacial score (nSPS) is 16.6. The van der Waals surface area contributed by atoms with Gasteiger partial charge in [0.2, 0.25) is 0 Å². The van der Waals surface area contributed by atoms with Crippen molar-refractivity contribution in [1.29, 1.82) is 0 Å². The van der Waals surface area contributed by atoms with E-state index in [1.807, 2.05) is 11.7 Å². The number of hydrogen-bond donors (Lipinski definition) is 1. The minimum Gasteiger partial charge on any atom is -0.326 e. The van der Waals surface area contributed by atoms with E-state index in [0.29, 0.717) is 12.5 Å². The molecule has 16 heavy (non-hydrogen) atoms. The van der Waals surface area contributed by atoms with E-state index in [0.717, 1.165) is 0 Å². The molecule has 1 aromatic carbocycles. The molecule has 3 nitrogen and oxygen atoms in total. The van der Waals surface area contributed by atoms with Crippen molar-refractivity contribution in [2.24, 2.45) is 12.8 Å². The Bertz CT molecular complexity index is 523. The summed E-state index contributed by atoms with van der Waals surface area (Å²) in [5.41, 5.74) is 9.34. The zero-order chi connectivity index (χ0) is 11.1. The summed E-state index contributed by atoms with van der Waals surface area (Å²) in [6.45, 7) is 0.597. The second-order valence-electron chi connectivity index (χ2n) is 4.69. The molecule has 0 unspecified atom stereocenters. The lowest BCUT2D eigenvalue weighted by molar-refractivity contribution is 0.410. The van der Waals surface area contributed by atoms with Gasteiger partial charge in [0.25, 0.3) is 0 Å². The highest BCUT2D eigenvalue weighted by molar-refractivity contribution is 5.83. The number of rotatable bonds is 2. The van der Waals surface area contributed by atoms with Crippen molar-refractivity contribution in [3.63, 3.8) is 0 Å². The van der Waals surface area contributed by atoms with Crippen molar-refractivity contribution in [2.45, 2.75) is 31.7 Å². The molecule has 0 spiro atoms. The van der Waals surface area contributed by atoms with Gasteiger partial charge in [-0.05, 0) is 24.5 Å². The average molecular weight is 215 g/mol. The van der Waals surface area contributed by atoms with Crippen molar-refractivity contribution in [1.82, 2.24) is 9.78 Å². The number of aryl methyl sites for hydroxylation is 1. The maximum atomic E-state index is 5.67. The van der Waals surface area contributed by atoms with Crippen LogP contribution in [0.2, 0.25) is 0 Å². The van der Waals surface area contributed by atoms with Crippen LogP contribution in [-0.4, -0.2) is 9.78 Å². The Kier molecular flexibility index (Phi) is 2.21. The van der Waals surface area contributed by atoms with Crippen molar-refractivity contribution >= 4 is 10.9 Å². The van der Waals surface area contributed by atoms with E-state index in [2.05, 4.69) is 23.3 Å². The number of hydrogen-bond acceptors (Lipinski definition) is 2. The Balaban J connectivity index is 2.16. The average Bonchev–Trinajstić information content (AvgIpc) is 2.54. The summed E-state index contributed by atoms with van der Waals surface area (Å²) in [4.78, 5) is 0. The van der Waals surface area contributed by atoms with Crippen LogP contribution in [0, 0.1) is 0 Å². The Hall–Kier alpha value is -1.35. The first-order valence-corrected chi connectivity index (χ1v) is 5.95. The predicted octanol–water partition coefficient (Wildman–Crippen LogP) is 2.30. The van der Waals surface area contributed by atoms with Crippen LogP contribution in [0.5, 0.6) is 0 Å². The van der Waals surface area contributed by atoms with Crippen LogP contribution < -0.4 is 5.73 Å². The van der Waals surface area contributed by atoms with Gasteiger partial charge >= 0.3 is 0 Å². The molecule has 1 aliphatic rings. The Morgan fingerprint density at radius 2 is 2.25 bits per heavy atom. The van der Waals surface area contributed by atoms with Gasteiger partial charge in [0, 0.05) is 24.9 Å². The summed E-state index contributed by atoms with van der Waals surface area (Å²) in [7, 11) is 2.02. The molecule has 0 radical (unpaired) electrons. The van der Waals surface area contributed by atoms with E-state index in [1.165, 1.54) is 41.4 Å². The maximum Gasteiger partial charge on any atom is 0.0734 e. The molecule has 0 saturated heterocycles. The SMILES string of the molecule is Cn1nc(C2CCC2)c2ccc(CN)cc21. The molecule has 3 rings (SSSR count). The smallest absolute Gasteiger partial charge is 0.0734 e. The van der Waals surface area contributed by atoms with Gasteiger partial charge in [-0.3, -0.25) is 4.68 Å². The van der Waals surface area contributed by atoms with Crippen LogP contribution in [-0.2, 0) is 13.6 Å². The molecule has 0 aliphatic heterocycles. The Labute approximate surface area is 95.2 Å². The minimum atomic E-state index is 0.597. The standard InChI is InChI=1S/C13H17N3/c1-16-12-7-9(8-14)5-6-11(12)13(15-16)10-3-2-4-10/h5-7,10H,2-4,8,14H2,1H3. The predicted molar refractivity (Wildman–Crippen MR) is 65.2 cm³/mol. The second kappa shape index (κ2) is 3.59. The van der Waals surface area contributed by atoms with Gasteiger partial charge in [-0.1, -0.05) is 18.6 Å². The maximum absolute atomic E-state index is 5.67. The third-order valence-electron chi connectivity index (χ3n) is 3.67. The van der Waals surface area contributed by atoms with Gasteiger partial charge in [0.05, 0.1) is 11.2 Å². The Morgan fingerprint density at radius 3 is 2.88 bits per heavy atom. The molecule has 0 amide bonds. The fraction of sp³-hybridized carbons (Fsp3) is 0.462. The van der Waals surface area contributed by atoms with Crippen molar-refractivity contribution in [3.05, 3.63) is 29.5 Å². The molecule has 2 N–H and O–H groups in total. The van der Waals surface area contributed by atoms with Crippen molar-refractivity contribution < 1.29 is 0 Å². The first-order valence-electron chi connectivity index (χ1n) is 5.95. The van der Waals surface area contributed by atoms with Crippen LogP contribution in [0.15, 0.2) is 18.2 Å². The van der Waals surface area contributed by atoms with Gasteiger partial charge in [0.1, 0.15) is 0 Å². The van der Waals surface area contributed by atoms with Gasteiger partial charge in [-0.25, -0.2) is 0 Å². The summed E-state index contributed by atoms with van der Waals surface area (Å²) in [6.07, 6.45) is 3.94. The Morgan fingerprint density at radius 1 is 1.44 bits per heavy atom. The topological polar surface area (TPSA) is 43.8 Å². The lowest BCUT2D eigenvalue weighted by atomic mass is 9.82. The zero-order valence-electron chi connectivity index (χ0n) is 9.61. The first-order chi connectivity index (χ1) is 7.79. The number of benzene rings is 1. The fourth-order valence-electron chi connectivity index (χ4n) is 2.44. The minimum absolute atomic E-state index is 0.597. The quantitative estimate of drug-likeness (QED) is 0.835. The number of fused-ring (bicyclic) bond motifs is 1. The van der Waals surface area contributed by atoms with Crippen LogP contribution in [0.25, 0.3) is 10.9 Å². The van der Waals surface area contributed by atoms with Gasteiger partial charge < -0.3 is 5.73 Å². The molecule has 3 heteroatoms. The van der Waals surface area contributed by atoms with Crippen LogP contribution >= 0.6 is 0 Å². The summed E-state index contributed by atoms with van der Waals surface area (Å²) in [5, 5.41) is 5.97. The summed E-state index contributed by atoms with van der Waals surface area (Å²) in [6, 6.07) is 6.45. The highest BCUT2D eigenvalue weighted by Crippen LogP contribution is 2.38. The third-order valence-corrected chi connectivity index (χ3v) is 3.67. The van der Waals surface area contributed by atoms with E-state index in [9.17, 15) is 0 Å². The highest BCUT2D eigenvalue weighted by atomic mass is 15.3. The highest BCUT2D eigenvalue weighted by Gasteiger charge is 2.24. The van der Waals surface area contributed by atoms with E-state index >= 15 is 0 Å². The molecule has 2 aromatic rings. The molecule has 1 fully saturated rings. The molecule has 84 valence electrons. The van der Waals surface area contributed by atoms with Crippen molar-refractivity contribution in [3.8, 4) is 0 Å². The van der Waals surface area contributed by atoms with Crippen LogP contribution in [0.3, 0.4) is 0 Å². The third kappa shape index (κ3) is 1.35. The van der Waals surface area contributed by atoms with E-state index in [4.69, 9.17) is 5.73 Å². The second-order valence-corrected chi connectivity index (χ2v) is 4.69. The molecular weight excluding hydrogens is 198 g/mol. The van der Waals surface area contributed by atoms with Gasteiger partial charge in [-0.2, -0.15) is 5.10 Å². The fourth-order valence-corrected chi connectivity index (χ4v) is 2.44. The summed E-state index contributed by atoms with van der Waals surface area (Å²) in [5.74, 6) is 0.687. The summed E-state index contributed by atoms with van der Waals surface area (Å²) >= 11 is 0. The van der Waals surface area contributed by atoms with Crippen LogP contribution in [0.4, 0.5) is 0 Å². The monoisotopic (exact) mass is 215 g/mol. The molecule has 1 aromatic heterocycles.